The van der Waals surface area contributed by atoms with Crippen LogP contribution in [0.5, 0.6) is 5.75 Å². The number of carbonyl (C=O) groups is 2. The van der Waals surface area contributed by atoms with E-state index in [1.807, 2.05) is 61.5 Å². The first-order valence-electron chi connectivity index (χ1n) is 9.72. The summed E-state index contributed by atoms with van der Waals surface area (Å²) >= 11 is 0. The van der Waals surface area contributed by atoms with Crippen LogP contribution < -0.4 is 4.74 Å². The van der Waals surface area contributed by atoms with Gasteiger partial charge in [0.05, 0.1) is 18.7 Å². The molecule has 1 atom stereocenters. The molecule has 156 valence electrons. The number of aliphatic hydroxyl groups is 1. The highest BCUT2D eigenvalue weighted by molar-refractivity contribution is 6.14. The van der Waals surface area contributed by atoms with Crippen LogP contribution in [0.3, 0.4) is 0 Å². The lowest BCUT2D eigenvalue weighted by Crippen LogP contribution is -2.36. The quantitative estimate of drug-likeness (QED) is 0.682. The zero-order valence-electron chi connectivity index (χ0n) is 17.4. The fraction of sp³-hybridized carbons (Fsp3) is 0.250. The Labute approximate surface area is 176 Å². The van der Waals surface area contributed by atoms with Crippen molar-refractivity contribution >= 4 is 17.8 Å². The number of amides is 1. The van der Waals surface area contributed by atoms with Gasteiger partial charge in [-0.3, -0.25) is 9.59 Å². The Morgan fingerprint density at radius 3 is 2.40 bits per heavy atom. The van der Waals surface area contributed by atoms with Crippen molar-refractivity contribution in [3.63, 3.8) is 0 Å². The zero-order valence-corrected chi connectivity index (χ0v) is 17.4. The molecule has 3 rings (SSSR count). The van der Waals surface area contributed by atoms with Crippen molar-refractivity contribution in [2.45, 2.75) is 6.04 Å². The Bertz CT molecular complexity index is 962. The number of likely N-dealkylation sites (N-methyl/N-ethyl adjacent to an activating group) is 1. The smallest absolute Gasteiger partial charge is 0.290 e. The van der Waals surface area contributed by atoms with Gasteiger partial charge >= 0.3 is 0 Å². The zero-order chi connectivity index (χ0) is 21.7. The van der Waals surface area contributed by atoms with Crippen molar-refractivity contribution in [1.29, 1.82) is 0 Å². The van der Waals surface area contributed by atoms with Crippen LogP contribution in [0.15, 0.2) is 72.0 Å². The first kappa shape index (κ1) is 21.3. The number of methoxy groups -OCH3 is 1. The third-order valence-corrected chi connectivity index (χ3v) is 5.02. The fourth-order valence-corrected chi connectivity index (χ4v) is 3.40. The number of aliphatic hydroxyl groups excluding tert-OH is 1. The predicted molar refractivity (Wildman–Crippen MR) is 116 cm³/mol. The summed E-state index contributed by atoms with van der Waals surface area (Å²) < 4.78 is 5.22. The number of ketones is 1. The highest BCUT2D eigenvalue weighted by Crippen LogP contribution is 2.38. The van der Waals surface area contributed by atoms with E-state index in [1.165, 1.54) is 6.08 Å². The molecule has 1 unspecified atom stereocenters. The van der Waals surface area contributed by atoms with Crippen molar-refractivity contribution in [2.24, 2.45) is 0 Å². The van der Waals surface area contributed by atoms with Crippen molar-refractivity contribution in [3.05, 3.63) is 83.1 Å². The molecule has 0 radical (unpaired) electrons. The molecule has 30 heavy (non-hydrogen) atoms. The van der Waals surface area contributed by atoms with Crippen LogP contribution in [0.25, 0.3) is 6.08 Å². The fourth-order valence-electron chi connectivity index (χ4n) is 3.40. The summed E-state index contributed by atoms with van der Waals surface area (Å²) in [6.07, 6.45) is 3.08. The maximum absolute atomic E-state index is 13.0. The van der Waals surface area contributed by atoms with Crippen LogP contribution >= 0.6 is 0 Å². The van der Waals surface area contributed by atoms with Crippen LogP contribution in [0.2, 0.25) is 0 Å². The second-order valence-corrected chi connectivity index (χ2v) is 7.35. The standard InChI is InChI=1S/C24H26N2O4/c1-25(2)15-16-26-22(18-10-12-19(30-3)13-11-18)21(23(28)24(26)29)20(27)14-9-17-7-5-4-6-8-17/h4-14,22,28H,15-16H2,1-3H3/b14-9+. The summed E-state index contributed by atoms with van der Waals surface area (Å²) in [5.41, 5.74) is 1.69. The SMILES string of the molecule is COc1ccc(C2C(C(=O)/C=C/c3ccccc3)=C(O)C(=O)N2CCN(C)C)cc1. The Kier molecular flexibility index (Phi) is 6.69. The Hall–Kier alpha value is -3.38. The molecular formula is C24H26N2O4. The highest BCUT2D eigenvalue weighted by atomic mass is 16.5. The minimum Gasteiger partial charge on any atom is -0.503 e. The lowest BCUT2D eigenvalue weighted by atomic mass is 9.95. The molecule has 6 heteroatoms. The Morgan fingerprint density at radius 2 is 1.80 bits per heavy atom. The van der Waals surface area contributed by atoms with E-state index in [9.17, 15) is 14.7 Å². The summed E-state index contributed by atoms with van der Waals surface area (Å²) in [6, 6.07) is 15.9. The van der Waals surface area contributed by atoms with Gasteiger partial charge in [-0.2, -0.15) is 0 Å². The second kappa shape index (κ2) is 9.41. The first-order valence-corrected chi connectivity index (χ1v) is 9.72. The van der Waals surface area contributed by atoms with E-state index >= 15 is 0 Å². The molecule has 0 aromatic heterocycles. The third kappa shape index (κ3) is 4.60. The molecule has 1 aliphatic heterocycles. The van der Waals surface area contributed by atoms with E-state index in [-0.39, 0.29) is 5.57 Å². The number of carbonyl (C=O) groups excluding carboxylic acids is 2. The van der Waals surface area contributed by atoms with Crippen molar-refractivity contribution in [1.82, 2.24) is 9.80 Å². The van der Waals surface area contributed by atoms with Gasteiger partial charge in [0.15, 0.2) is 11.5 Å². The van der Waals surface area contributed by atoms with Gasteiger partial charge < -0.3 is 19.6 Å². The normalized spacial score (nSPS) is 16.7. The summed E-state index contributed by atoms with van der Waals surface area (Å²) in [5.74, 6) is -0.739. The van der Waals surface area contributed by atoms with Gasteiger partial charge in [0.25, 0.3) is 5.91 Å². The van der Waals surface area contributed by atoms with Gasteiger partial charge in [-0.1, -0.05) is 48.5 Å². The van der Waals surface area contributed by atoms with E-state index in [0.717, 1.165) is 11.1 Å². The van der Waals surface area contributed by atoms with E-state index in [0.29, 0.717) is 18.8 Å². The van der Waals surface area contributed by atoms with Gasteiger partial charge in [-0.15, -0.1) is 0 Å². The molecule has 0 saturated heterocycles. The molecule has 2 aromatic rings. The molecule has 1 heterocycles. The third-order valence-electron chi connectivity index (χ3n) is 5.02. The lowest BCUT2D eigenvalue weighted by Gasteiger charge is -2.27. The maximum atomic E-state index is 13.0. The topological polar surface area (TPSA) is 70.1 Å². The van der Waals surface area contributed by atoms with E-state index in [4.69, 9.17) is 4.74 Å². The highest BCUT2D eigenvalue weighted by Gasteiger charge is 2.42. The summed E-state index contributed by atoms with van der Waals surface area (Å²) in [4.78, 5) is 29.4. The summed E-state index contributed by atoms with van der Waals surface area (Å²) in [5, 5.41) is 10.6. The van der Waals surface area contributed by atoms with E-state index < -0.39 is 23.5 Å². The average Bonchev–Trinajstić information content (AvgIpc) is 3.01. The molecule has 0 saturated carbocycles. The molecule has 0 spiro atoms. The molecular weight excluding hydrogens is 380 g/mol. The summed E-state index contributed by atoms with van der Waals surface area (Å²) in [7, 11) is 5.39. The molecule has 1 aliphatic rings. The van der Waals surface area contributed by atoms with E-state index in [1.54, 1.807) is 30.2 Å². The van der Waals surface area contributed by atoms with Gasteiger partial charge in [-0.05, 0) is 43.4 Å². The molecule has 0 fully saturated rings. The van der Waals surface area contributed by atoms with Crippen LogP contribution in [0, 0.1) is 0 Å². The molecule has 0 aliphatic carbocycles. The van der Waals surface area contributed by atoms with Crippen molar-refractivity contribution in [3.8, 4) is 5.75 Å². The molecule has 6 nitrogen and oxygen atoms in total. The van der Waals surface area contributed by atoms with Gasteiger partial charge in [0, 0.05) is 13.1 Å². The van der Waals surface area contributed by atoms with Crippen LogP contribution in [0.4, 0.5) is 0 Å². The second-order valence-electron chi connectivity index (χ2n) is 7.35. The minimum absolute atomic E-state index is 0.0936. The minimum atomic E-state index is -0.656. The number of hydrogen-bond acceptors (Lipinski definition) is 5. The van der Waals surface area contributed by atoms with Gasteiger partial charge in [0.2, 0.25) is 0 Å². The number of hydrogen-bond donors (Lipinski definition) is 1. The summed E-state index contributed by atoms with van der Waals surface area (Å²) in [6.45, 7) is 0.985. The van der Waals surface area contributed by atoms with Crippen LogP contribution in [-0.2, 0) is 9.59 Å². The van der Waals surface area contributed by atoms with Crippen LogP contribution in [0.1, 0.15) is 17.2 Å². The number of benzene rings is 2. The van der Waals surface area contributed by atoms with Crippen LogP contribution in [-0.4, -0.2) is 60.9 Å². The monoisotopic (exact) mass is 406 g/mol. The van der Waals surface area contributed by atoms with Crippen molar-refractivity contribution in [2.75, 3.05) is 34.3 Å². The van der Waals surface area contributed by atoms with Gasteiger partial charge in [0.1, 0.15) is 5.75 Å². The number of ether oxygens (including phenoxy) is 1. The first-order chi connectivity index (χ1) is 14.4. The average molecular weight is 406 g/mol. The van der Waals surface area contributed by atoms with Crippen molar-refractivity contribution < 1.29 is 19.4 Å². The number of rotatable bonds is 8. The predicted octanol–water partition coefficient (Wildman–Crippen LogP) is 3.23. The number of nitrogens with zero attached hydrogens (tertiary/aromatic N) is 2. The molecule has 2 aromatic carbocycles. The lowest BCUT2D eigenvalue weighted by molar-refractivity contribution is -0.129. The molecule has 1 amide bonds. The Morgan fingerprint density at radius 1 is 1.13 bits per heavy atom. The number of allylic oxidation sites excluding steroid dienone is 1. The van der Waals surface area contributed by atoms with E-state index in [2.05, 4.69) is 0 Å². The van der Waals surface area contributed by atoms with Gasteiger partial charge in [-0.25, -0.2) is 0 Å². The largest absolute Gasteiger partial charge is 0.503 e. The maximum Gasteiger partial charge on any atom is 0.290 e. The molecule has 1 N–H and O–H groups in total. The Balaban J connectivity index is 1.97. The molecule has 0 bridgehead atoms.